The lowest BCUT2D eigenvalue weighted by Gasteiger charge is -2.44. The summed E-state index contributed by atoms with van der Waals surface area (Å²) in [6, 6.07) is 0. The van der Waals surface area contributed by atoms with Crippen molar-refractivity contribution < 1.29 is 0 Å². The second-order valence-corrected chi connectivity index (χ2v) is 3.82. The summed E-state index contributed by atoms with van der Waals surface area (Å²) in [6.45, 7) is 7.62. The first-order valence-corrected chi connectivity index (χ1v) is 5.06. The van der Waals surface area contributed by atoms with Gasteiger partial charge in [-0.15, -0.1) is 0 Å². The summed E-state index contributed by atoms with van der Waals surface area (Å²) in [4.78, 5) is 0. The minimum absolute atomic E-state index is 0.638. The molecular formula is C10H21N. The number of hydrogen-bond donors (Lipinski definition) is 1. The van der Waals surface area contributed by atoms with Crippen LogP contribution in [-0.4, -0.2) is 12.1 Å². The molecule has 1 aliphatic carbocycles. The Morgan fingerprint density at radius 2 is 1.91 bits per heavy atom. The Morgan fingerprint density at radius 1 is 1.27 bits per heavy atom. The van der Waals surface area contributed by atoms with Crippen LogP contribution in [0.15, 0.2) is 0 Å². The van der Waals surface area contributed by atoms with E-state index in [4.69, 9.17) is 0 Å². The smallest absolute Gasteiger partial charge is 0.0187 e. The Bertz CT molecular complexity index is 106. The summed E-state index contributed by atoms with van der Waals surface area (Å²) in [6.07, 6.45) is 5.73. The standard InChI is InChI=1S/C8H15N.C2H6/c1-7-5-8(6-7)3-2-4-9-8;1-2/h7,9H,2-6H2,1H3;1-2H3. The van der Waals surface area contributed by atoms with Crippen LogP contribution >= 0.6 is 0 Å². The quantitative estimate of drug-likeness (QED) is 0.567. The molecule has 1 heteroatoms. The van der Waals surface area contributed by atoms with Gasteiger partial charge in [-0.2, -0.15) is 0 Å². The van der Waals surface area contributed by atoms with Gasteiger partial charge >= 0.3 is 0 Å². The van der Waals surface area contributed by atoms with E-state index in [2.05, 4.69) is 12.2 Å². The molecule has 1 aliphatic heterocycles. The topological polar surface area (TPSA) is 12.0 Å². The van der Waals surface area contributed by atoms with Crippen molar-refractivity contribution in [2.75, 3.05) is 6.54 Å². The molecule has 1 saturated heterocycles. The van der Waals surface area contributed by atoms with Crippen LogP contribution in [0.4, 0.5) is 0 Å². The lowest BCUT2D eigenvalue weighted by molar-refractivity contribution is 0.139. The van der Waals surface area contributed by atoms with E-state index in [1.807, 2.05) is 13.8 Å². The summed E-state index contributed by atoms with van der Waals surface area (Å²) in [5, 5.41) is 3.60. The minimum Gasteiger partial charge on any atom is -0.311 e. The molecule has 1 nitrogen and oxygen atoms in total. The highest BCUT2D eigenvalue weighted by Gasteiger charge is 2.43. The zero-order valence-corrected chi connectivity index (χ0v) is 8.11. The number of rotatable bonds is 0. The van der Waals surface area contributed by atoms with Gasteiger partial charge in [0.15, 0.2) is 0 Å². The molecule has 0 aromatic carbocycles. The molecule has 0 atom stereocenters. The third kappa shape index (κ3) is 1.76. The first kappa shape index (κ1) is 9.05. The second-order valence-electron chi connectivity index (χ2n) is 3.82. The monoisotopic (exact) mass is 155 g/mol. The Kier molecular flexibility index (Phi) is 2.94. The van der Waals surface area contributed by atoms with Gasteiger partial charge < -0.3 is 5.32 Å². The van der Waals surface area contributed by atoms with Crippen molar-refractivity contribution in [3.63, 3.8) is 0 Å². The van der Waals surface area contributed by atoms with Crippen molar-refractivity contribution in [2.24, 2.45) is 5.92 Å². The maximum Gasteiger partial charge on any atom is 0.0187 e. The molecule has 0 radical (unpaired) electrons. The van der Waals surface area contributed by atoms with E-state index < -0.39 is 0 Å². The lowest BCUT2D eigenvalue weighted by Crippen LogP contribution is -2.50. The van der Waals surface area contributed by atoms with Crippen molar-refractivity contribution >= 4 is 0 Å². The molecule has 0 aromatic heterocycles. The van der Waals surface area contributed by atoms with Crippen molar-refractivity contribution in [3.05, 3.63) is 0 Å². The van der Waals surface area contributed by atoms with E-state index in [0.717, 1.165) is 5.92 Å². The average molecular weight is 155 g/mol. The van der Waals surface area contributed by atoms with Crippen LogP contribution in [-0.2, 0) is 0 Å². The van der Waals surface area contributed by atoms with Gasteiger partial charge in [0.2, 0.25) is 0 Å². The van der Waals surface area contributed by atoms with Crippen molar-refractivity contribution in [3.8, 4) is 0 Å². The molecule has 0 amide bonds. The van der Waals surface area contributed by atoms with Crippen LogP contribution in [0.3, 0.4) is 0 Å². The fourth-order valence-electron chi connectivity index (χ4n) is 2.49. The predicted molar refractivity (Wildman–Crippen MR) is 49.7 cm³/mol. The third-order valence-corrected chi connectivity index (χ3v) is 2.81. The highest BCUT2D eigenvalue weighted by molar-refractivity contribution is 5.02. The van der Waals surface area contributed by atoms with Gasteiger partial charge in [0, 0.05) is 5.54 Å². The van der Waals surface area contributed by atoms with Crippen molar-refractivity contribution in [2.45, 2.75) is 52.0 Å². The molecule has 1 spiro atoms. The van der Waals surface area contributed by atoms with Crippen LogP contribution in [0.5, 0.6) is 0 Å². The first-order chi connectivity index (χ1) is 5.31. The molecule has 0 unspecified atom stereocenters. The van der Waals surface area contributed by atoms with E-state index in [1.165, 1.54) is 32.2 Å². The summed E-state index contributed by atoms with van der Waals surface area (Å²) in [5.74, 6) is 0.996. The zero-order valence-electron chi connectivity index (χ0n) is 8.11. The second kappa shape index (κ2) is 3.57. The molecule has 1 heterocycles. The van der Waals surface area contributed by atoms with E-state index in [1.54, 1.807) is 0 Å². The molecule has 11 heavy (non-hydrogen) atoms. The van der Waals surface area contributed by atoms with E-state index in [9.17, 15) is 0 Å². The van der Waals surface area contributed by atoms with E-state index >= 15 is 0 Å². The lowest BCUT2D eigenvalue weighted by atomic mass is 9.68. The molecule has 2 fully saturated rings. The van der Waals surface area contributed by atoms with Gasteiger partial charge in [0.1, 0.15) is 0 Å². The summed E-state index contributed by atoms with van der Waals surface area (Å²) in [7, 11) is 0. The predicted octanol–water partition coefficient (Wildman–Crippen LogP) is 2.56. The molecule has 0 aromatic rings. The van der Waals surface area contributed by atoms with E-state index in [-0.39, 0.29) is 0 Å². The zero-order chi connectivity index (χ0) is 8.32. The van der Waals surface area contributed by atoms with Crippen LogP contribution in [0.25, 0.3) is 0 Å². The molecule has 2 rings (SSSR count). The molecule has 1 N–H and O–H groups in total. The van der Waals surface area contributed by atoms with Gasteiger partial charge in [-0.3, -0.25) is 0 Å². The maximum atomic E-state index is 3.60. The van der Waals surface area contributed by atoms with Gasteiger partial charge in [-0.1, -0.05) is 20.8 Å². The third-order valence-electron chi connectivity index (χ3n) is 2.81. The van der Waals surface area contributed by atoms with Gasteiger partial charge in [-0.05, 0) is 38.1 Å². The van der Waals surface area contributed by atoms with Crippen LogP contribution < -0.4 is 5.32 Å². The summed E-state index contributed by atoms with van der Waals surface area (Å²) < 4.78 is 0. The van der Waals surface area contributed by atoms with Crippen LogP contribution in [0, 0.1) is 5.92 Å². The van der Waals surface area contributed by atoms with Crippen molar-refractivity contribution in [1.29, 1.82) is 0 Å². The molecule has 2 aliphatic rings. The summed E-state index contributed by atoms with van der Waals surface area (Å²) >= 11 is 0. The molecule has 66 valence electrons. The van der Waals surface area contributed by atoms with Gasteiger partial charge in [-0.25, -0.2) is 0 Å². The Hall–Kier alpha value is -0.0400. The van der Waals surface area contributed by atoms with Crippen LogP contribution in [0.1, 0.15) is 46.5 Å². The van der Waals surface area contributed by atoms with Crippen LogP contribution in [0.2, 0.25) is 0 Å². The maximum absolute atomic E-state index is 3.60. The highest BCUT2D eigenvalue weighted by Crippen LogP contribution is 2.42. The van der Waals surface area contributed by atoms with Gasteiger partial charge in [0.25, 0.3) is 0 Å². The Balaban J connectivity index is 0.000000281. The Labute approximate surface area is 70.6 Å². The van der Waals surface area contributed by atoms with Crippen molar-refractivity contribution in [1.82, 2.24) is 5.32 Å². The normalized spacial score (nSPS) is 41.2. The average Bonchev–Trinajstić information content (AvgIpc) is 2.40. The largest absolute Gasteiger partial charge is 0.311 e. The summed E-state index contributed by atoms with van der Waals surface area (Å²) in [5.41, 5.74) is 0.638. The number of hydrogen-bond acceptors (Lipinski definition) is 1. The number of nitrogens with one attached hydrogen (secondary N) is 1. The molecule has 0 bridgehead atoms. The first-order valence-electron chi connectivity index (χ1n) is 5.06. The molecular weight excluding hydrogens is 134 g/mol. The van der Waals surface area contributed by atoms with E-state index in [0.29, 0.717) is 5.54 Å². The highest BCUT2D eigenvalue weighted by atomic mass is 15.0. The van der Waals surface area contributed by atoms with Gasteiger partial charge in [0.05, 0.1) is 0 Å². The fourth-order valence-corrected chi connectivity index (χ4v) is 2.49. The Morgan fingerprint density at radius 3 is 2.27 bits per heavy atom. The fraction of sp³-hybridized carbons (Fsp3) is 1.00. The molecule has 1 saturated carbocycles. The SMILES string of the molecule is CC.CC1CC2(CCCN2)C1. The minimum atomic E-state index is 0.638.